The van der Waals surface area contributed by atoms with Crippen LogP contribution in [-0.4, -0.2) is 65.2 Å². The maximum absolute atomic E-state index is 12.0. The molecule has 21 heavy (non-hydrogen) atoms. The highest BCUT2D eigenvalue weighted by molar-refractivity contribution is 5.87. The number of rotatable bonds is 5. The van der Waals surface area contributed by atoms with E-state index in [9.17, 15) is 19.2 Å². The molecule has 1 saturated heterocycles. The molecule has 2 atom stereocenters. The van der Waals surface area contributed by atoms with Crippen LogP contribution in [0.1, 0.15) is 19.8 Å². The number of hydrogen-bond donors (Lipinski definition) is 4. The monoisotopic (exact) mass is 301 g/mol. The summed E-state index contributed by atoms with van der Waals surface area (Å²) >= 11 is 0. The first-order valence-electron chi connectivity index (χ1n) is 6.42. The number of carboxylic acids is 2. The summed E-state index contributed by atoms with van der Waals surface area (Å²) in [5, 5.41) is 22.2. The van der Waals surface area contributed by atoms with Crippen LogP contribution in [0.25, 0.3) is 0 Å². The SMILES string of the molecule is CNC(=O)C1(C)CCN(C(=O)N[C@@H](CC(=O)O)C(=O)O)C1. The molecule has 0 aromatic heterocycles. The summed E-state index contributed by atoms with van der Waals surface area (Å²) in [5.74, 6) is -2.93. The van der Waals surface area contributed by atoms with E-state index in [2.05, 4.69) is 10.6 Å². The fourth-order valence-electron chi connectivity index (χ4n) is 2.24. The van der Waals surface area contributed by atoms with E-state index >= 15 is 0 Å². The number of urea groups is 1. The van der Waals surface area contributed by atoms with Gasteiger partial charge in [0, 0.05) is 20.1 Å². The summed E-state index contributed by atoms with van der Waals surface area (Å²) in [7, 11) is 1.50. The summed E-state index contributed by atoms with van der Waals surface area (Å²) < 4.78 is 0. The molecule has 1 heterocycles. The van der Waals surface area contributed by atoms with Crippen molar-refractivity contribution in [3.05, 3.63) is 0 Å². The summed E-state index contributed by atoms with van der Waals surface area (Å²) in [6.45, 7) is 2.16. The molecule has 9 nitrogen and oxygen atoms in total. The molecule has 4 N–H and O–H groups in total. The Morgan fingerprint density at radius 2 is 1.90 bits per heavy atom. The number of hydrogen-bond acceptors (Lipinski definition) is 4. The van der Waals surface area contributed by atoms with Crippen molar-refractivity contribution in [3.8, 4) is 0 Å². The minimum absolute atomic E-state index is 0.151. The second-order valence-electron chi connectivity index (χ2n) is 5.25. The third-order valence-electron chi connectivity index (χ3n) is 3.51. The van der Waals surface area contributed by atoms with Crippen LogP contribution in [0.3, 0.4) is 0 Å². The van der Waals surface area contributed by atoms with Crippen LogP contribution in [0.4, 0.5) is 4.79 Å². The van der Waals surface area contributed by atoms with Gasteiger partial charge in [0.05, 0.1) is 11.8 Å². The Morgan fingerprint density at radius 3 is 2.38 bits per heavy atom. The maximum atomic E-state index is 12.0. The maximum Gasteiger partial charge on any atom is 0.326 e. The highest BCUT2D eigenvalue weighted by Gasteiger charge is 2.42. The minimum atomic E-state index is -1.50. The number of nitrogens with one attached hydrogen (secondary N) is 2. The topological polar surface area (TPSA) is 136 Å². The van der Waals surface area contributed by atoms with Gasteiger partial charge in [0.15, 0.2) is 0 Å². The van der Waals surface area contributed by atoms with E-state index in [1.807, 2.05) is 0 Å². The highest BCUT2D eigenvalue weighted by Crippen LogP contribution is 2.30. The molecule has 1 rings (SSSR count). The van der Waals surface area contributed by atoms with Crippen LogP contribution >= 0.6 is 0 Å². The zero-order valence-corrected chi connectivity index (χ0v) is 11.9. The highest BCUT2D eigenvalue weighted by atomic mass is 16.4. The lowest BCUT2D eigenvalue weighted by Gasteiger charge is -2.24. The van der Waals surface area contributed by atoms with E-state index < -0.39 is 35.8 Å². The van der Waals surface area contributed by atoms with E-state index in [1.165, 1.54) is 11.9 Å². The van der Waals surface area contributed by atoms with Gasteiger partial charge in [-0.05, 0) is 13.3 Å². The fourth-order valence-corrected chi connectivity index (χ4v) is 2.24. The molecule has 0 aromatic rings. The molecule has 1 unspecified atom stereocenters. The molecule has 118 valence electrons. The van der Waals surface area contributed by atoms with Gasteiger partial charge >= 0.3 is 18.0 Å². The van der Waals surface area contributed by atoms with Gasteiger partial charge in [0.1, 0.15) is 6.04 Å². The summed E-state index contributed by atoms with van der Waals surface area (Å²) in [5.41, 5.74) is -0.725. The molecular formula is C12H19N3O6. The first-order chi connectivity index (χ1) is 9.69. The van der Waals surface area contributed by atoms with Crippen molar-refractivity contribution in [2.24, 2.45) is 5.41 Å². The first kappa shape index (κ1) is 16.7. The molecular weight excluding hydrogens is 282 g/mol. The molecule has 9 heteroatoms. The van der Waals surface area contributed by atoms with Crippen LogP contribution < -0.4 is 10.6 Å². The number of carbonyl (C=O) groups excluding carboxylic acids is 2. The average Bonchev–Trinajstić information content (AvgIpc) is 2.80. The average molecular weight is 301 g/mol. The van der Waals surface area contributed by atoms with Crippen molar-refractivity contribution >= 4 is 23.9 Å². The zero-order chi connectivity index (χ0) is 16.2. The molecule has 0 saturated carbocycles. The molecule has 0 bridgehead atoms. The number of aliphatic carboxylic acids is 2. The standard InChI is InChI=1S/C12H19N3O6/c1-12(10(20)13-2)3-4-15(6-12)11(21)14-7(9(18)19)5-8(16)17/h7H,3-6H2,1-2H3,(H,13,20)(H,14,21)(H,16,17)(H,18,19)/t7-,12?/m0/s1. The smallest absolute Gasteiger partial charge is 0.326 e. The van der Waals surface area contributed by atoms with Gasteiger partial charge < -0.3 is 25.7 Å². The normalized spacial score (nSPS) is 22.5. The fraction of sp³-hybridized carbons (Fsp3) is 0.667. The summed E-state index contributed by atoms with van der Waals surface area (Å²) in [4.78, 5) is 46.5. The Labute approximate surface area is 121 Å². The van der Waals surface area contributed by atoms with Crippen molar-refractivity contribution in [2.45, 2.75) is 25.8 Å². The Hall–Kier alpha value is -2.32. The second-order valence-corrected chi connectivity index (χ2v) is 5.25. The van der Waals surface area contributed by atoms with Crippen LogP contribution in [0, 0.1) is 5.41 Å². The molecule has 0 radical (unpaired) electrons. The zero-order valence-electron chi connectivity index (χ0n) is 11.9. The molecule has 1 aliphatic rings. The van der Waals surface area contributed by atoms with Crippen LogP contribution in [0.15, 0.2) is 0 Å². The molecule has 0 aromatic carbocycles. The van der Waals surface area contributed by atoms with Crippen molar-refractivity contribution < 1.29 is 29.4 Å². The third-order valence-corrected chi connectivity index (χ3v) is 3.51. The second kappa shape index (κ2) is 6.42. The van der Waals surface area contributed by atoms with Gasteiger partial charge in [-0.3, -0.25) is 9.59 Å². The van der Waals surface area contributed by atoms with Crippen LogP contribution in [0.5, 0.6) is 0 Å². The van der Waals surface area contributed by atoms with Crippen molar-refractivity contribution in [1.82, 2.24) is 15.5 Å². The lowest BCUT2D eigenvalue weighted by Crippen LogP contribution is -2.49. The van der Waals surface area contributed by atoms with Gasteiger partial charge in [0.25, 0.3) is 0 Å². The van der Waals surface area contributed by atoms with Crippen LogP contribution in [-0.2, 0) is 14.4 Å². The van der Waals surface area contributed by atoms with E-state index in [0.29, 0.717) is 13.0 Å². The van der Waals surface area contributed by atoms with E-state index in [1.54, 1.807) is 6.92 Å². The molecule has 0 spiro atoms. The Balaban J connectivity index is 2.66. The third kappa shape index (κ3) is 4.07. The lowest BCUT2D eigenvalue weighted by atomic mass is 9.89. The number of likely N-dealkylation sites (tertiary alicyclic amines) is 1. The number of carboxylic acid groups (broad SMARTS) is 2. The van der Waals surface area contributed by atoms with Gasteiger partial charge in [-0.15, -0.1) is 0 Å². The van der Waals surface area contributed by atoms with E-state index in [4.69, 9.17) is 10.2 Å². The molecule has 3 amide bonds. The minimum Gasteiger partial charge on any atom is -0.481 e. The van der Waals surface area contributed by atoms with E-state index in [-0.39, 0.29) is 12.5 Å². The Bertz CT molecular complexity index is 466. The van der Waals surface area contributed by atoms with Crippen molar-refractivity contribution in [1.29, 1.82) is 0 Å². The molecule has 0 aliphatic carbocycles. The molecule has 1 fully saturated rings. The quantitative estimate of drug-likeness (QED) is 0.518. The van der Waals surface area contributed by atoms with Crippen molar-refractivity contribution in [3.63, 3.8) is 0 Å². The van der Waals surface area contributed by atoms with Gasteiger partial charge in [-0.2, -0.15) is 0 Å². The lowest BCUT2D eigenvalue weighted by molar-refractivity contribution is -0.145. The number of carbonyl (C=O) groups is 4. The Kier molecular flexibility index (Phi) is 5.12. The van der Waals surface area contributed by atoms with Crippen LogP contribution in [0.2, 0.25) is 0 Å². The first-order valence-corrected chi connectivity index (χ1v) is 6.42. The summed E-state index contributed by atoms with van der Waals surface area (Å²) in [6, 6.07) is -2.18. The number of nitrogens with zero attached hydrogens (tertiary/aromatic N) is 1. The predicted molar refractivity (Wildman–Crippen MR) is 70.6 cm³/mol. The Morgan fingerprint density at radius 1 is 1.29 bits per heavy atom. The van der Waals surface area contributed by atoms with Gasteiger partial charge in [0.2, 0.25) is 5.91 Å². The van der Waals surface area contributed by atoms with Gasteiger partial charge in [-0.1, -0.05) is 0 Å². The van der Waals surface area contributed by atoms with Crippen molar-refractivity contribution in [2.75, 3.05) is 20.1 Å². The number of amides is 3. The molecule has 1 aliphatic heterocycles. The van der Waals surface area contributed by atoms with E-state index in [0.717, 1.165) is 0 Å². The predicted octanol–water partition coefficient (Wildman–Crippen LogP) is -0.918. The summed E-state index contributed by atoms with van der Waals surface area (Å²) in [6.07, 6.45) is -0.252. The largest absolute Gasteiger partial charge is 0.481 e. The van der Waals surface area contributed by atoms with Gasteiger partial charge in [-0.25, -0.2) is 9.59 Å².